The van der Waals surface area contributed by atoms with Crippen molar-refractivity contribution in [1.29, 1.82) is 0 Å². The second kappa shape index (κ2) is 11.6. The number of ether oxygens (including phenoxy) is 1. The number of hydrogen-bond acceptors (Lipinski definition) is 6. The third-order valence-corrected chi connectivity index (χ3v) is 6.28. The molecular weight excluding hydrogens is 396 g/mol. The van der Waals surface area contributed by atoms with E-state index in [-0.39, 0.29) is 0 Å². The lowest BCUT2D eigenvalue weighted by molar-refractivity contribution is 0.369. The molecule has 1 fully saturated rings. The van der Waals surface area contributed by atoms with Crippen LogP contribution in [0.25, 0.3) is 0 Å². The maximum absolute atomic E-state index is 5.45. The Morgan fingerprint density at radius 3 is 2.60 bits per heavy atom. The Morgan fingerprint density at radius 2 is 1.90 bits per heavy atom. The van der Waals surface area contributed by atoms with Crippen LogP contribution >= 0.6 is 11.8 Å². The van der Waals surface area contributed by atoms with Gasteiger partial charge in [0.15, 0.2) is 5.96 Å². The zero-order chi connectivity index (χ0) is 21.2. The van der Waals surface area contributed by atoms with Crippen molar-refractivity contribution in [3.8, 4) is 5.75 Å². The maximum atomic E-state index is 5.45. The third kappa shape index (κ3) is 6.26. The number of guanidine groups is 1. The van der Waals surface area contributed by atoms with Crippen LogP contribution in [0.3, 0.4) is 0 Å². The summed E-state index contributed by atoms with van der Waals surface area (Å²) in [4.78, 5) is 19.4. The summed E-state index contributed by atoms with van der Waals surface area (Å²) in [5.74, 6) is 4.21. The molecule has 1 saturated heterocycles. The van der Waals surface area contributed by atoms with Crippen molar-refractivity contribution >= 4 is 23.7 Å². The third-order valence-electron chi connectivity index (χ3n) is 4.89. The lowest BCUT2D eigenvalue weighted by atomic mass is 10.2. The molecule has 0 radical (unpaired) electrons. The Kier molecular flexibility index (Phi) is 8.62. The fraction of sp³-hybridized carbons (Fsp3) is 0.500. The number of hydrogen-bond donors (Lipinski definition) is 1. The number of nitrogens with zero attached hydrogens (tertiary/aromatic N) is 5. The first-order chi connectivity index (χ1) is 14.7. The highest BCUT2D eigenvalue weighted by Crippen LogP contribution is 2.30. The summed E-state index contributed by atoms with van der Waals surface area (Å²) in [5.41, 5.74) is 0. The summed E-state index contributed by atoms with van der Waals surface area (Å²) in [5, 5.41) is 3.45. The molecule has 1 N–H and O–H groups in total. The molecule has 0 saturated carbocycles. The Morgan fingerprint density at radius 1 is 1.17 bits per heavy atom. The fourth-order valence-corrected chi connectivity index (χ4v) is 4.30. The number of aromatic nitrogens is 2. The zero-order valence-electron chi connectivity index (χ0n) is 18.1. The molecule has 1 atom stereocenters. The van der Waals surface area contributed by atoms with Gasteiger partial charge in [-0.05, 0) is 31.0 Å². The van der Waals surface area contributed by atoms with E-state index in [1.165, 1.54) is 4.90 Å². The Hall–Kier alpha value is -2.48. The summed E-state index contributed by atoms with van der Waals surface area (Å²) in [7, 11) is 1.72. The number of benzene rings is 1. The van der Waals surface area contributed by atoms with E-state index < -0.39 is 0 Å². The van der Waals surface area contributed by atoms with Crippen LogP contribution < -0.4 is 15.0 Å². The smallest absolute Gasteiger partial charge is 0.225 e. The van der Waals surface area contributed by atoms with Crippen molar-refractivity contribution in [2.45, 2.75) is 18.7 Å². The molecule has 8 heteroatoms. The minimum atomic E-state index is 0.465. The van der Waals surface area contributed by atoms with Gasteiger partial charge in [0.2, 0.25) is 5.95 Å². The van der Waals surface area contributed by atoms with E-state index in [4.69, 9.17) is 9.73 Å². The van der Waals surface area contributed by atoms with E-state index >= 15 is 0 Å². The number of nitrogens with one attached hydrogen (secondary N) is 1. The van der Waals surface area contributed by atoms with Gasteiger partial charge in [0.05, 0.1) is 7.11 Å². The Labute approximate surface area is 184 Å². The molecule has 1 aromatic heterocycles. The minimum absolute atomic E-state index is 0.465. The van der Waals surface area contributed by atoms with Crippen LogP contribution in [-0.4, -0.2) is 73.0 Å². The van der Waals surface area contributed by atoms with Crippen molar-refractivity contribution in [1.82, 2.24) is 20.2 Å². The molecule has 0 bridgehead atoms. The molecule has 1 aliphatic rings. The average molecular weight is 429 g/mol. The van der Waals surface area contributed by atoms with Crippen molar-refractivity contribution in [3.05, 3.63) is 42.7 Å². The molecule has 30 heavy (non-hydrogen) atoms. The maximum Gasteiger partial charge on any atom is 0.225 e. The largest absolute Gasteiger partial charge is 0.496 e. The molecule has 0 aliphatic carbocycles. The second-order valence-corrected chi connectivity index (χ2v) is 8.35. The number of methoxy groups -OCH3 is 1. The predicted molar refractivity (Wildman–Crippen MR) is 125 cm³/mol. The number of aliphatic imine (C=N–C) groups is 1. The van der Waals surface area contributed by atoms with Crippen molar-refractivity contribution < 1.29 is 4.74 Å². The van der Waals surface area contributed by atoms with Gasteiger partial charge in [-0.15, -0.1) is 11.8 Å². The van der Waals surface area contributed by atoms with E-state index in [0.717, 1.165) is 62.7 Å². The lowest BCUT2D eigenvalue weighted by Crippen LogP contribution is -2.53. The van der Waals surface area contributed by atoms with Gasteiger partial charge < -0.3 is 19.9 Å². The molecular formula is C22H32N6OS. The number of anilines is 1. The quantitative estimate of drug-likeness (QED) is 0.394. The summed E-state index contributed by atoms with van der Waals surface area (Å²) >= 11 is 1.83. The standard InChI is InChI=1S/C22H32N6OS/c1-4-23-21(27-12-14-28(15-13-27)22-24-10-7-11-25-22)26-16-18(2)17-30-20-9-6-5-8-19(20)29-3/h5-11,18H,4,12-17H2,1-3H3,(H,23,26). The van der Waals surface area contributed by atoms with E-state index in [2.05, 4.69) is 51.1 Å². The fourth-order valence-electron chi connectivity index (χ4n) is 3.26. The first kappa shape index (κ1) is 22.2. The van der Waals surface area contributed by atoms with Crippen LogP contribution in [0.2, 0.25) is 0 Å². The highest BCUT2D eigenvalue weighted by Gasteiger charge is 2.21. The number of para-hydroxylation sites is 1. The molecule has 162 valence electrons. The van der Waals surface area contributed by atoms with Gasteiger partial charge in [-0.1, -0.05) is 19.1 Å². The van der Waals surface area contributed by atoms with Gasteiger partial charge in [0, 0.05) is 62.3 Å². The molecule has 0 spiro atoms. The van der Waals surface area contributed by atoms with Crippen LogP contribution in [0.5, 0.6) is 5.75 Å². The zero-order valence-corrected chi connectivity index (χ0v) is 18.9. The second-order valence-electron chi connectivity index (χ2n) is 7.28. The molecule has 2 heterocycles. The average Bonchev–Trinajstić information content (AvgIpc) is 2.81. The predicted octanol–water partition coefficient (Wildman–Crippen LogP) is 3.00. The topological polar surface area (TPSA) is 65.9 Å². The van der Waals surface area contributed by atoms with Crippen LogP contribution in [-0.2, 0) is 0 Å². The molecule has 1 aromatic carbocycles. The molecule has 3 rings (SSSR count). The summed E-state index contributed by atoms with van der Waals surface area (Å²) in [6.45, 7) is 9.65. The van der Waals surface area contributed by atoms with Crippen LogP contribution in [0.4, 0.5) is 5.95 Å². The molecule has 7 nitrogen and oxygen atoms in total. The number of rotatable bonds is 8. The van der Waals surface area contributed by atoms with Gasteiger partial charge >= 0.3 is 0 Å². The molecule has 1 unspecified atom stereocenters. The molecule has 2 aromatic rings. The summed E-state index contributed by atoms with van der Waals surface area (Å²) < 4.78 is 5.45. The van der Waals surface area contributed by atoms with E-state index in [9.17, 15) is 0 Å². The first-order valence-corrected chi connectivity index (χ1v) is 11.5. The SMILES string of the molecule is CCNC(=NCC(C)CSc1ccccc1OC)N1CCN(c2ncccn2)CC1. The van der Waals surface area contributed by atoms with Crippen molar-refractivity contribution in [2.24, 2.45) is 10.9 Å². The Balaban J connectivity index is 1.51. The first-order valence-electron chi connectivity index (χ1n) is 10.5. The van der Waals surface area contributed by atoms with Gasteiger partial charge in [-0.2, -0.15) is 0 Å². The van der Waals surface area contributed by atoms with Crippen LogP contribution in [0.15, 0.2) is 52.6 Å². The summed E-state index contributed by atoms with van der Waals surface area (Å²) in [6, 6.07) is 10.0. The highest BCUT2D eigenvalue weighted by molar-refractivity contribution is 7.99. The van der Waals surface area contributed by atoms with Gasteiger partial charge in [0.1, 0.15) is 5.75 Å². The number of piperazine rings is 1. The van der Waals surface area contributed by atoms with Crippen LogP contribution in [0.1, 0.15) is 13.8 Å². The monoisotopic (exact) mass is 428 g/mol. The van der Waals surface area contributed by atoms with Gasteiger partial charge in [-0.25, -0.2) is 9.97 Å². The Bertz CT molecular complexity index is 795. The van der Waals surface area contributed by atoms with Crippen molar-refractivity contribution in [2.75, 3.05) is 57.0 Å². The molecule has 0 amide bonds. The van der Waals surface area contributed by atoms with Gasteiger partial charge in [-0.3, -0.25) is 4.99 Å². The van der Waals surface area contributed by atoms with Crippen LogP contribution in [0, 0.1) is 5.92 Å². The van der Waals surface area contributed by atoms with Crippen molar-refractivity contribution in [3.63, 3.8) is 0 Å². The lowest BCUT2D eigenvalue weighted by Gasteiger charge is -2.36. The highest BCUT2D eigenvalue weighted by atomic mass is 32.2. The van der Waals surface area contributed by atoms with Gasteiger partial charge in [0.25, 0.3) is 0 Å². The molecule has 1 aliphatic heterocycles. The van der Waals surface area contributed by atoms with E-state index in [1.807, 2.05) is 30.0 Å². The number of thioether (sulfide) groups is 1. The minimum Gasteiger partial charge on any atom is -0.496 e. The summed E-state index contributed by atoms with van der Waals surface area (Å²) in [6.07, 6.45) is 3.59. The normalized spacial score (nSPS) is 15.8. The van der Waals surface area contributed by atoms with E-state index in [0.29, 0.717) is 5.92 Å². The van der Waals surface area contributed by atoms with E-state index in [1.54, 1.807) is 19.5 Å².